The van der Waals surface area contributed by atoms with Gasteiger partial charge < -0.3 is 28.6 Å². The standard InChI is InChI=1S/C17H19F3O10S/c1-8(21)27-7-12-16(28-9(2)22)14(24)13(23)15(29-12)10-3-5-11(6-4-10)30-31(25,26)17(18,19)20/h3-6,12-16,23-24H,7H2,1-2H3/t12?,13?,14?,15-,16-/m1/s1. The van der Waals surface area contributed by atoms with Gasteiger partial charge >= 0.3 is 27.6 Å². The average molecular weight is 472 g/mol. The van der Waals surface area contributed by atoms with Gasteiger partial charge in [0.25, 0.3) is 0 Å². The molecule has 3 unspecified atom stereocenters. The molecule has 2 rings (SSSR count). The Kier molecular flexibility index (Phi) is 7.52. The highest BCUT2D eigenvalue weighted by atomic mass is 32.2. The summed E-state index contributed by atoms with van der Waals surface area (Å²) < 4.78 is 78.8. The van der Waals surface area contributed by atoms with E-state index in [1.165, 1.54) is 0 Å². The molecule has 1 aromatic carbocycles. The number of carbonyl (C=O) groups excluding carboxylic acids is 2. The van der Waals surface area contributed by atoms with Crippen molar-refractivity contribution < 1.29 is 59.8 Å². The Hall–Kier alpha value is -2.42. The molecule has 1 aromatic rings. The Labute approximate surface area is 174 Å². The molecule has 1 heterocycles. The van der Waals surface area contributed by atoms with E-state index < -0.39 is 70.4 Å². The molecule has 5 atom stereocenters. The van der Waals surface area contributed by atoms with E-state index in [1.807, 2.05) is 0 Å². The second-order valence-electron chi connectivity index (χ2n) is 6.51. The summed E-state index contributed by atoms with van der Waals surface area (Å²) >= 11 is 0. The molecule has 31 heavy (non-hydrogen) atoms. The fraction of sp³-hybridized carbons (Fsp3) is 0.529. The van der Waals surface area contributed by atoms with Crippen LogP contribution in [0.3, 0.4) is 0 Å². The van der Waals surface area contributed by atoms with Crippen LogP contribution >= 0.6 is 0 Å². The highest BCUT2D eigenvalue weighted by Gasteiger charge is 2.49. The Morgan fingerprint density at radius 3 is 2.13 bits per heavy atom. The van der Waals surface area contributed by atoms with Crippen molar-refractivity contribution >= 4 is 22.1 Å². The minimum absolute atomic E-state index is 0.123. The van der Waals surface area contributed by atoms with Gasteiger partial charge in [-0.2, -0.15) is 21.6 Å². The number of alkyl halides is 3. The third kappa shape index (κ3) is 6.06. The maximum Gasteiger partial charge on any atom is 0.534 e. The molecule has 0 aliphatic carbocycles. The van der Waals surface area contributed by atoms with E-state index in [0.29, 0.717) is 0 Å². The van der Waals surface area contributed by atoms with Crippen LogP contribution in [-0.4, -0.2) is 67.1 Å². The lowest BCUT2D eigenvalue weighted by Gasteiger charge is -2.42. The first-order chi connectivity index (χ1) is 14.2. The number of benzene rings is 1. The van der Waals surface area contributed by atoms with Crippen LogP contribution in [0.25, 0.3) is 0 Å². The molecular formula is C17H19F3O10S. The van der Waals surface area contributed by atoms with Crippen molar-refractivity contribution in [1.29, 1.82) is 0 Å². The summed E-state index contributed by atoms with van der Waals surface area (Å²) in [4.78, 5) is 22.4. The summed E-state index contributed by atoms with van der Waals surface area (Å²) in [6.07, 6.45) is -7.15. The summed E-state index contributed by atoms with van der Waals surface area (Å²) in [5.41, 5.74) is -5.49. The topological polar surface area (TPSA) is 146 Å². The van der Waals surface area contributed by atoms with Crippen LogP contribution in [0.4, 0.5) is 13.2 Å². The van der Waals surface area contributed by atoms with Crippen LogP contribution < -0.4 is 4.18 Å². The predicted octanol–water partition coefficient (Wildman–Crippen LogP) is 0.572. The molecule has 1 aliphatic heterocycles. The van der Waals surface area contributed by atoms with Crippen molar-refractivity contribution in [3.63, 3.8) is 0 Å². The molecule has 14 heteroatoms. The molecule has 0 spiro atoms. The number of rotatable bonds is 6. The number of ether oxygens (including phenoxy) is 3. The summed E-state index contributed by atoms with van der Waals surface area (Å²) in [6, 6.07) is 3.99. The smallest absolute Gasteiger partial charge is 0.463 e. The number of hydrogen-bond acceptors (Lipinski definition) is 10. The first kappa shape index (κ1) is 24.8. The van der Waals surface area contributed by atoms with Crippen LogP contribution in [0.2, 0.25) is 0 Å². The number of aliphatic hydroxyl groups excluding tert-OH is 2. The van der Waals surface area contributed by atoms with Gasteiger partial charge in [-0.1, -0.05) is 12.1 Å². The van der Waals surface area contributed by atoms with Crippen molar-refractivity contribution in [1.82, 2.24) is 0 Å². The summed E-state index contributed by atoms with van der Waals surface area (Å²) in [5.74, 6) is -2.13. The number of hydrogen-bond donors (Lipinski definition) is 2. The van der Waals surface area contributed by atoms with E-state index in [-0.39, 0.29) is 5.56 Å². The van der Waals surface area contributed by atoms with E-state index in [0.717, 1.165) is 38.1 Å². The molecule has 1 fully saturated rings. The zero-order valence-electron chi connectivity index (χ0n) is 16.1. The quantitative estimate of drug-likeness (QED) is 0.342. The number of halogens is 3. The molecule has 0 radical (unpaired) electrons. The van der Waals surface area contributed by atoms with Gasteiger partial charge in [-0.05, 0) is 17.7 Å². The largest absolute Gasteiger partial charge is 0.534 e. The second-order valence-corrected chi connectivity index (χ2v) is 8.04. The van der Waals surface area contributed by atoms with Gasteiger partial charge in [0, 0.05) is 13.8 Å². The van der Waals surface area contributed by atoms with Crippen molar-refractivity contribution in [3.05, 3.63) is 29.8 Å². The van der Waals surface area contributed by atoms with Crippen LogP contribution in [0, 0.1) is 0 Å². The number of esters is 2. The average Bonchev–Trinajstić information content (AvgIpc) is 2.64. The molecule has 10 nitrogen and oxygen atoms in total. The monoisotopic (exact) mass is 472 g/mol. The van der Waals surface area contributed by atoms with Crippen LogP contribution in [0.5, 0.6) is 5.75 Å². The van der Waals surface area contributed by atoms with Gasteiger partial charge in [-0.15, -0.1) is 0 Å². The first-order valence-corrected chi connectivity index (χ1v) is 10.1. The van der Waals surface area contributed by atoms with E-state index >= 15 is 0 Å². The maximum atomic E-state index is 12.4. The number of carbonyl (C=O) groups is 2. The van der Waals surface area contributed by atoms with E-state index in [9.17, 15) is 41.4 Å². The Morgan fingerprint density at radius 2 is 1.65 bits per heavy atom. The van der Waals surface area contributed by atoms with Gasteiger partial charge in [0.15, 0.2) is 6.10 Å². The normalized spacial score (nSPS) is 26.7. The van der Waals surface area contributed by atoms with Gasteiger partial charge in [0.2, 0.25) is 0 Å². The summed E-state index contributed by atoms with van der Waals surface area (Å²) in [6.45, 7) is 1.74. The third-order valence-corrected chi connectivity index (χ3v) is 5.11. The lowest BCUT2D eigenvalue weighted by molar-refractivity contribution is -0.242. The maximum absolute atomic E-state index is 12.4. The highest BCUT2D eigenvalue weighted by molar-refractivity contribution is 7.88. The van der Waals surface area contributed by atoms with Crippen LogP contribution in [-0.2, 0) is 33.9 Å². The van der Waals surface area contributed by atoms with Crippen molar-refractivity contribution in [3.8, 4) is 5.75 Å². The Balaban J connectivity index is 2.24. The van der Waals surface area contributed by atoms with Crippen molar-refractivity contribution in [2.45, 2.75) is 49.9 Å². The van der Waals surface area contributed by atoms with Gasteiger partial charge in [-0.25, -0.2) is 0 Å². The molecule has 0 saturated carbocycles. The zero-order chi connectivity index (χ0) is 23.6. The molecule has 174 valence electrons. The lowest BCUT2D eigenvalue weighted by atomic mass is 9.91. The third-order valence-electron chi connectivity index (χ3n) is 4.14. The van der Waals surface area contributed by atoms with Crippen molar-refractivity contribution in [2.24, 2.45) is 0 Å². The second kappa shape index (κ2) is 9.38. The Bertz CT molecular complexity index is 900. The van der Waals surface area contributed by atoms with Gasteiger partial charge in [-0.3, -0.25) is 9.59 Å². The lowest BCUT2D eigenvalue weighted by Crippen LogP contribution is -2.57. The van der Waals surface area contributed by atoms with E-state index in [2.05, 4.69) is 4.18 Å². The highest BCUT2D eigenvalue weighted by Crippen LogP contribution is 2.35. The number of aliphatic hydroxyl groups is 2. The van der Waals surface area contributed by atoms with Crippen molar-refractivity contribution in [2.75, 3.05) is 6.61 Å². The molecule has 2 N–H and O–H groups in total. The fourth-order valence-corrected chi connectivity index (χ4v) is 3.23. The molecule has 0 aromatic heterocycles. The molecule has 0 bridgehead atoms. The van der Waals surface area contributed by atoms with Gasteiger partial charge in [0.1, 0.15) is 36.8 Å². The molecule has 1 aliphatic rings. The zero-order valence-corrected chi connectivity index (χ0v) is 16.9. The van der Waals surface area contributed by atoms with E-state index in [1.54, 1.807) is 0 Å². The van der Waals surface area contributed by atoms with Crippen LogP contribution in [0.1, 0.15) is 25.5 Å². The molecular weight excluding hydrogens is 453 g/mol. The first-order valence-electron chi connectivity index (χ1n) is 8.66. The fourth-order valence-electron chi connectivity index (χ4n) is 2.77. The summed E-state index contributed by atoms with van der Waals surface area (Å²) in [5, 5.41) is 20.8. The van der Waals surface area contributed by atoms with E-state index in [4.69, 9.17) is 14.2 Å². The minimum atomic E-state index is -5.87. The molecule has 1 saturated heterocycles. The molecule has 0 amide bonds. The Morgan fingerprint density at radius 1 is 1.06 bits per heavy atom. The van der Waals surface area contributed by atoms with Crippen LogP contribution in [0.15, 0.2) is 24.3 Å². The summed E-state index contributed by atoms with van der Waals surface area (Å²) in [7, 11) is -5.87. The van der Waals surface area contributed by atoms with Gasteiger partial charge in [0.05, 0.1) is 0 Å². The SMILES string of the molecule is CC(=O)OCC1O[C@H](c2ccc(OS(=O)(=O)C(F)(F)F)cc2)C(O)C(O)[C@@H]1OC(C)=O. The predicted molar refractivity (Wildman–Crippen MR) is 93.9 cm³/mol. The minimum Gasteiger partial charge on any atom is -0.463 e.